The second kappa shape index (κ2) is 4.37. The number of carbonyl (C=O) groups excluding carboxylic acids is 1. The van der Waals surface area contributed by atoms with Crippen molar-refractivity contribution in [2.45, 2.75) is 13.0 Å². The van der Waals surface area contributed by atoms with Crippen LogP contribution in [0.1, 0.15) is 6.92 Å². The molecule has 84 valence electrons. The van der Waals surface area contributed by atoms with Crippen LogP contribution in [0.2, 0.25) is 5.02 Å². The molecule has 0 fully saturated rings. The van der Waals surface area contributed by atoms with Gasteiger partial charge in [-0.2, -0.15) is 0 Å². The fraction of sp³-hybridized carbons (Fsp3) is 0.200. The summed E-state index contributed by atoms with van der Waals surface area (Å²) < 4.78 is 0.976. The van der Waals surface area contributed by atoms with Crippen LogP contribution >= 0.6 is 22.9 Å². The highest BCUT2D eigenvalue weighted by Gasteiger charge is 2.14. The predicted octanol–water partition coefficient (Wildman–Crippen LogP) is 2.24. The number of rotatable bonds is 2. The van der Waals surface area contributed by atoms with E-state index in [2.05, 4.69) is 10.3 Å². The molecule has 0 unspecified atom stereocenters. The Morgan fingerprint density at radius 2 is 2.38 bits per heavy atom. The molecule has 1 atom stereocenters. The average molecular weight is 256 g/mol. The maximum Gasteiger partial charge on any atom is 0.241 e. The molecule has 0 aliphatic carbocycles. The molecule has 0 saturated heterocycles. The van der Waals surface area contributed by atoms with Crippen molar-refractivity contribution in [3.8, 4) is 0 Å². The van der Waals surface area contributed by atoms with E-state index in [1.54, 1.807) is 18.5 Å². The number of halogens is 1. The van der Waals surface area contributed by atoms with Gasteiger partial charge in [-0.25, -0.2) is 4.98 Å². The van der Waals surface area contributed by atoms with E-state index in [9.17, 15) is 4.79 Å². The molecule has 0 radical (unpaired) electrons. The molecule has 6 heteroatoms. The first-order chi connectivity index (χ1) is 7.59. The number of hydrogen-bond acceptors (Lipinski definition) is 4. The van der Waals surface area contributed by atoms with Gasteiger partial charge in [0, 0.05) is 0 Å². The zero-order valence-electron chi connectivity index (χ0n) is 8.53. The predicted molar refractivity (Wildman–Crippen MR) is 66.9 cm³/mol. The molecule has 0 aliphatic rings. The Bertz CT molecular complexity index is 538. The molecule has 0 spiro atoms. The van der Waals surface area contributed by atoms with Crippen LogP contribution in [0.4, 0.5) is 5.69 Å². The van der Waals surface area contributed by atoms with E-state index in [1.165, 1.54) is 11.3 Å². The second-order valence-electron chi connectivity index (χ2n) is 3.40. The van der Waals surface area contributed by atoms with Gasteiger partial charge < -0.3 is 11.1 Å². The smallest absolute Gasteiger partial charge is 0.241 e. The van der Waals surface area contributed by atoms with Crippen molar-refractivity contribution < 1.29 is 4.79 Å². The molecule has 1 aromatic carbocycles. The minimum absolute atomic E-state index is 0.276. The average Bonchev–Trinajstić information content (AvgIpc) is 2.70. The molecule has 0 aliphatic heterocycles. The van der Waals surface area contributed by atoms with Crippen LogP contribution in [-0.4, -0.2) is 16.9 Å². The maximum atomic E-state index is 11.5. The molecular weight excluding hydrogens is 246 g/mol. The summed E-state index contributed by atoms with van der Waals surface area (Å²) in [5.41, 5.74) is 8.42. The van der Waals surface area contributed by atoms with Gasteiger partial charge in [0.15, 0.2) is 0 Å². The molecule has 3 N–H and O–H groups in total. The van der Waals surface area contributed by atoms with Crippen LogP contribution in [0, 0.1) is 0 Å². The van der Waals surface area contributed by atoms with Gasteiger partial charge >= 0.3 is 0 Å². The highest BCUT2D eigenvalue weighted by atomic mass is 35.5. The third kappa shape index (κ3) is 2.02. The summed E-state index contributed by atoms with van der Waals surface area (Å²) in [7, 11) is 0. The highest BCUT2D eigenvalue weighted by molar-refractivity contribution is 7.16. The van der Waals surface area contributed by atoms with Gasteiger partial charge in [-0.15, -0.1) is 11.3 Å². The number of hydrogen-bond donors (Lipinski definition) is 2. The van der Waals surface area contributed by atoms with Crippen LogP contribution < -0.4 is 11.1 Å². The second-order valence-corrected chi connectivity index (χ2v) is 4.69. The first-order valence-corrected chi connectivity index (χ1v) is 5.93. The minimum atomic E-state index is -0.579. The van der Waals surface area contributed by atoms with Crippen molar-refractivity contribution in [1.82, 2.24) is 4.98 Å². The minimum Gasteiger partial charge on any atom is -0.322 e. The number of aromatic nitrogens is 1. The van der Waals surface area contributed by atoms with Crippen LogP contribution in [0.15, 0.2) is 17.6 Å². The largest absolute Gasteiger partial charge is 0.322 e. The van der Waals surface area contributed by atoms with E-state index in [0.717, 1.165) is 4.70 Å². The number of nitrogens with two attached hydrogens (primary N) is 1. The summed E-state index contributed by atoms with van der Waals surface area (Å²) in [6.45, 7) is 1.62. The molecule has 1 amide bonds. The fourth-order valence-corrected chi connectivity index (χ4v) is 2.15. The Labute approximate surface area is 101 Å². The van der Waals surface area contributed by atoms with Crippen molar-refractivity contribution in [3.05, 3.63) is 22.7 Å². The Hall–Kier alpha value is -1.17. The number of nitrogens with one attached hydrogen (secondary N) is 1. The number of benzene rings is 1. The fourth-order valence-electron chi connectivity index (χ4n) is 1.26. The Balaban J connectivity index is 2.46. The summed E-state index contributed by atoms with van der Waals surface area (Å²) in [6.07, 6.45) is 0. The van der Waals surface area contributed by atoms with Gasteiger partial charge in [0.2, 0.25) is 5.91 Å². The van der Waals surface area contributed by atoms with Gasteiger partial charge in [0.25, 0.3) is 0 Å². The van der Waals surface area contributed by atoms with Crippen LogP contribution in [-0.2, 0) is 4.79 Å². The summed E-state index contributed by atoms with van der Waals surface area (Å²) in [5, 5.41) is 3.15. The number of anilines is 1. The molecule has 4 nitrogen and oxygen atoms in total. The highest BCUT2D eigenvalue weighted by Crippen LogP contribution is 2.32. The van der Waals surface area contributed by atoms with Crippen molar-refractivity contribution in [2.24, 2.45) is 5.73 Å². The normalized spacial score (nSPS) is 12.7. The lowest BCUT2D eigenvalue weighted by Gasteiger charge is -2.09. The Morgan fingerprint density at radius 1 is 1.62 bits per heavy atom. The third-order valence-electron chi connectivity index (χ3n) is 2.11. The monoisotopic (exact) mass is 255 g/mol. The molecular formula is C10H10ClN3OS. The van der Waals surface area contributed by atoms with E-state index in [4.69, 9.17) is 17.3 Å². The quantitative estimate of drug-likeness (QED) is 0.865. The molecule has 0 saturated carbocycles. The Morgan fingerprint density at radius 3 is 3.06 bits per heavy atom. The summed E-state index contributed by atoms with van der Waals surface area (Å²) >= 11 is 7.51. The van der Waals surface area contributed by atoms with Crippen molar-refractivity contribution in [2.75, 3.05) is 5.32 Å². The van der Waals surface area contributed by atoms with Crippen LogP contribution in [0.25, 0.3) is 10.2 Å². The van der Waals surface area contributed by atoms with E-state index >= 15 is 0 Å². The first kappa shape index (κ1) is 11.3. The van der Waals surface area contributed by atoms with Crippen LogP contribution in [0.5, 0.6) is 0 Å². The van der Waals surface area contributed by atoms with Gasteiger partial charge in [-0.1, -0.05) is 11.6 Å². The maximum absolute atomic E-state index is 11.5. The number of thiazole rings is 1. The number of fused-ring (bicyclic) bond motifs is 1. The number of nitrogens with zero attached hydrogens (tertiary/aromatic N) is 1. The standard InChI is InChI=1S/C10H10ClN3OS/c1-5(12)10(15)14-8-6(11)2-3-7-9(8)13-4-16-7/h2-5H,12H2,1H3,(H,14,15)/t5-/m1/s1. The lowest BCUT2D eigenvalue weighted by Crippen LogP contribution is -2.32. The number of carbonyl (C=O) groups is 1. The zero-order valence-corrected chi connectivity index (χ0v) is 10.1. The molecule has 2 aromatic rings. The summed E-state index contributed by atoms with van der Waals surface area (Å²) in [5.74, 6) is -0.276. The van der Waals surface area contributed by atoms with Crippen LogP contribution in [0.3, 0.4) is 0 Å². The molecule has 16 heavy (non-hydrogen) atoms. The first-order valence-electron chi connectivity index (χ1n) is 4.67. The topological polar surface area (TPSA) is 68.0 Å². The molecule has 2 rings (SSSR count). The number of amides is 1. The lowest BCUT2D eigenvalue weighted by atomic mass is 10.2. The van der Waals surface area contributed by atoms with Gasteiger partial charge in [0.1, 0.15) is 5.52 Å². The van der Waals surface area contributed by atoms with Crippen molar-refractivity contribution in [1.29, 1.82) is 0 Å². The third-order valence-corrected chi connectivity index (χ3v) is 3.22. The van der Waals surface area contributed by atoms with Crippen molar-refractivity contribution in [3.63, 3.8) is 0 Å². The van der Waals surface area contributed by atoms with Gasteiger partial charge in [-0.3, -0.25) is 4.79 Å². The van der Waals surface area contributed by atoms with E-state index in [1.807, 2.05) is 6.07 Å². The van der Waals surface area contributed by atoms with E-state index < -0.39 is 6.04 Å². The summed E-state index contributed by atoms with van der Waals surface area (Å²) in [4.78, 5) is 15.7. The van der Waals surface area contributed by atoms with E-state index in [-0.39, 0.29) is 5.91 Å². The lowest BCUT2D eigenvalue weighted by molar-refractivity contribution is -0.117. The molecule has 1 heterocycles. The van der Waals surface area contributed by atoms with Gasteiger partial charge in [0.05, 0.1) is 27.0 Å². The molecule has 1 aromatic heterocycles. The molecule has 0 bridgehead atoms. The Kier molecular flexibility index (Phi) is 3.09. The zero-order chi connectivity index (χ0) is 11.7. The van der Waals surface area contributed by atoms with Gasteiger partial charge in [-0.05, 0) is 19.1 Å². The summed E-state index contributed by atoms with van der Waals surface area (Å²) in [6, 6.07) is 3.03. The van der Waals surface area contributed by atoms with E-state index in [0.29, 0.717) is 16.2 Å². The SMILES string of the molecule is C[C@@H](N)C(=O)Nc1c(Cl)ccc2scnc12. The van der Waals surface area contributed by atoms with Crippen molar-refractivity contribution >= 4 is 44.7 Å².